The SMILES string of the molecule is COC(=O)C1CCC1F. The molecule has 0 saturated heterocycles. The maximum atomic E-state index is 12.3. The van der Waals surface area contributed by atoms with E-state index in [-0.39, 0.29) is 0 Å². The van der Waals surface area contributed by atoms with Gasteiger partial charge in [-0.15, -0.1) is 0 Å². The lowest BCUT2D eigenvalue weighted by atomic mass is 9.83. The standard InChI is InChI=1S/C6H9FO2/c1-9-6(8)4-2-3-5(4)7/h4-5H,2-3H2,1H3. The minimum Gasteiger partial charge on any atom is -0.469 e. The molecular formula is C6H9FO2. The number of carbonyl (C=O) groups is 1. The molecule has 52 valence electrons. The van der Waals surface area contributed by atoms with E-state index in [0.29, 0.717) is 12.8 Å². The van der Waals surface area contributed by atoms with Gasteiger partial charge in [0.2, 0.25) is 0 Å². The fourth-order valence-electron chi connectivity index (χ4n) is 0.876. The Morgan fingerprint density at radius 1 is 1.67 bits per heavy atom. The van der Waals surface area contributed by atoms with Crippen LogP contribution in [0.25, 0.3) is 0 Å². The van der Waals surface area contributed by atoms with Gasteiger partial charge in [0.1, 0.15) is 6.17 Å². The Bertz CT molecular complexity index is 124. The first-order chi connectivity index (χ1) is 4.25. The Morgan fingerprint density at radius 3 is 2.44 bits per heavy atom. The van der Waals surface area contributed by atoms with Crippen LogP contribution in [-0.4, -0.2) is 19.3 Å². The number of esters is 1. The van der Waals surface area contributed by atoms with Crippen molar-refractivity contribution in [3.05, 3.63) is 0 Å². The van der Waals surface area contributed by atoms with E-state index in [4.69, 9.17) is 0 Å². The average Bonchev–Trinajstić information content (AvgIpc) is 1.84. The molecule has 0 heterocycles. The third-order valence-corrected chi connectivity index (χ3v) is 1.69. The van der Waals surface area contributed by atoms with Crippen LogP contribution in [0.1, 0.15) is 12.8 Å². The number of ether oxygens (including phenoxy) is 1. The summed E-state index contributed by atoms with van der Waals surface area (Å²) in [5, 5.41) is 0. The molecule has 0 aromatic carbocycles. The van der Waals surface area contributed by atoms with Crippen molar-refractivity contribution in [3.8, 4) is 0 Å². The van der Waals surface area contributed by atoms with E-state index in [1.54, 1.807) is 0 Å². The highest BCUT2D eigenvalue weighted by atomic mass is 19.1. The number of methoxy groups -OCH3 is 1. The van der Waals surface area contributed by atoms with Crippen LogP contribution >= 0.6 is 0 Å². The van der Waals surface area contributed by atoms with Crippen LogP contribution in [0.3, 0.4) is 0 Å². The van der Waals surface area contributed by atoms with Gasteiger partial charge in [-0.1, -0.05) is 0 Å². The molecule has 0 spiro atoms. The van der Waals surface area contributed by atoms with Crippen LogP contribution in [0, 0.1) is 5.92 Å². The monoisotopic (exact) mass is 132 g/mol. The summed E-state index contributed by atoms with van der Waals surface area (Å²) in [4.78, 5) is 10.5. The zero-order chi connectivity index (χ0) is 6.85. The van der Waals surface area contributed by atoms with Crippen molar-refractivity contribution in [1.82, 2.24) is 0 Å². The van der Waals surface area contributed by atoms with Crippen molar-refractivity contribution in [3.63, 3.8) is 0 Å². The third-order valence-electron chi connectivity index (χ3n) is 1.69. The van der Waals surface area contributed by atoms with Crippen molar-refractivity contribution < 1.29 is 13.9 Å². The van der Waals surface area contributed by atoms with Gasteiger partial charge < -0.3 is 4.74 Å². The molecular weight excluding hydrogens is 123 g/mol. The largest absolute Gasteiger partial charge is 0.469 e. The van der Waals surface area contributed by atoms with Gasteiger partial charge in [0, 0.05) is 0 Å². The first kappa shape index (κ1) is 6.52. The quantitative estimate of drug-likeness (QED) is 0.495. The van der Waals surface area contributed by atoms with Crippen molar-refractivity contribution in [2.24, 2.45) is 5.92 Å². The molecule has 1 fully saturated rings. The summed E-state index contributed by atoms with van der Waals surface area (Å²) in [7, 11) is 1.29. The molecule has 0 aromatic rings. The third kappa shape index (κ3) is 1.04. The molecule has 2 nitrogen and oxygen atoms in total. The highest BCUT2D eigenvalue weighted by molar-refractivity contribution is 5.73. The van der Waals surface area contributed by atoms with Crippen molar-refractivity contribution in [2.75, 3.05) is 7.11 Å². The summed E-state index contributed by atoms with van der Waals surface area (Å²) in [6.07, 6.45) is 0.214. The lowest BCUT2D eigenvalue weighted by molar-refractivity contribution is -0.152. The predicted octanol–water partition coefficient (Wildman–Crippen LogP) is 0.907. The van der Waals surface area contributed by atoms with E-state index < -0.39 is 18.1 Å². The second kappa shape index (κ2) is 2.33. The number of alkyl halides is 1. The summed E-state index contributed by atoms with van der Waals surface area (Å²) in [5.74, 6) is -0.872. The molecule has 0 amide bonds. The van der Waals surface area contributed by atoms with Crippen molar-refractivity contribution in [2.45, 2.75) is 19.0 Å². The summed E-state index contributed by atoms with van der Waals surface area (Å²) in [5.41, 5.74) is 0. The molecule has 0 bridgehead atoms. The van der Waals surface area contributed by atoms with E-state index in [9.17, 15) is 9.18 Å². The number of rotatable bonds is 1. The van der Waals surface area contributed by atoms with Gasteiger partial charge in [-0.3, -0.25) is 4.79 Å². The normalized spacial score (nSPS) is 33.1. The van der Waals surface area contributed by atoms with Crippen LogP contribution in [0.15, 0.2) is 0 Å². The molecule has 0 N–H and O–H groups in total. The number of hydrogen-bond donors (Lipinski definition) is 0. The van der Waals surface area contributed by atoms with Crippen molar-refractivity contribution >= 4 is 5.97 Å². The van der Waals surface area contributed by atoms with Crippen molar-refractivity contribution in [1.29, 1.82) is 0 Å². The molecule has 0 aliphatic heterocycles. The molecule has 1 aliphatic carbocycles. The van der Waals surface area contributed by atoms with Crippen LogP contribution < -0.4 is 0 Å². The lowest BCUT2D eigenvalue weighted by Gasteiger charge is -2.27. The van der Waals surface area contributed by atoms with Gasteiger partial charge >= 0.3 is 5.97 Å². The topological polar surface area (TPSA) is 26.3 Å². The molecule has 9 heavy (non-hydrogen) atoms. The Labute approximate surface area is 53.0 Å². The van der Waals surface area contributed by atoms with Crippen LogP contribution in [0.5, 0.6) is 0 Å². The van der Waals surface area contributed by atoms with E-state index >= 15 is 0 Å². The highest BCUT2D eigenvalue weighted by Crippen LogP contribution is 2.30. The highest BCUT2D eigenvalue weighted by Gasteiger charge is 2.37. The first-order valence-corrected chi connectivity index (χ1v) is 2.97. The average molecular weight is 132 g/mol. The molecule has 0 radical (unpaired) electrons. The van der Waals surface area contributed by atoms with Gasteiger partial charge in [-0.05, 0) is 12.8 Å². The van der Waals surface area contributed by atoms with E-state index in [2.05, 4.69) is 4.74 Å². The number of hydrogen-bond acceptors (Lipinski definition) is 2. The fraction of sp³-hybridized carbons (Fsp3) is 0.833. The molecule has 1 aliphatic rings. The van der Waals surface area contributed by atoms with Gasteiger partial charge in [-0.2, -0.15) is 0 Å². The Kier molecular flexibility index (Phi) is 1.69. The summed E-state index contributed by atoms with van der Waals surface area (Å²) in [6, 6.07) is 0. The van der Waals surface area contributed by atoms with Gasteiger partial charge in [0.15, 0.2) is 0 Å². The minimum absolute atomic E-state index is 0.409. The Balaban J connectivity index is 2.35. The van der Waals surface area contributed by atoms with Gasteiger partial charge in [0.05, 0.1) is 13.0 Å². The molecule has 3 heteroatoms. The maximum absolute atomic E-state index is 12.3. The minimum atomic E-state index is -0.947. The lowest BCUT2D eigenvalue weighted by Crippen LogP contribution is -2.35. The zero-order valence-corrected chi connectivity index (χ0v) is 5.26. The van der Waals surface area contributed by atoms with Crippen LogP contribution in [-0.2, 0) is 9.53 Å². The fourth-order valence-corrected chi connectivity index (χ4v) is 0.876. The summed E-state index contributed by atoms with van der Waals surface area (Å²) < 4.78 is 16.7. The predicted molar refractivity (Wildman–Crippen MR) is 29.6 cm³/mol. The van der Waals surface area contributed by atoms with E-state index in [1.807, 2.05) is 0 Å². The number of carbonyl (C=O) groups excluding carboxylic acids is 1. The second-order valence-electron chi connectivity index (χ2n) is 2.22. The molecule has 1 saturated carbocycles. The Morgan fingerprint density at radius 2 is 2.33 bits per heavy atom. The smallest absolute Gasteiger partial charge is 0.311 e. The molecule has 0 aromatic heterocycles. The second-order valence-corrected chi connectivity index (χ2v) is 2.22. The summed E-state index contributed by atoms with van der Waals surface area (Å²) >= 11 is 0. The number of halogens is 1. The van der Waals surface area contributed by atoms with Gasteiger partial charge in [0.25, 0.3) is 0 Å². The first-order valence-electron chi connectivity index (χ1n) is 2.97. The molecule has 2 unspecified atom stereocenters. The molecule has 2 atom stereocenters. The Hall–Kier alpha value is -0.600. The van der Waals surface area contributed by atoms with Crippen LogP contribution in [0.2, 0.25) is 0 Å². The van der Waals surface area contributed by atoms with Crippen LogP contribution in [0.4, 0.5) is 4.39 Å². The van der Waals surface area contributed by atoms with Gasteiger partial charge in [-0.25, -0.2) is 4.39 Å². The maximum Gasteiger partial charge on any atom is 0.311 e. The summed E-state index contributed by atoms with van der Waals surface area (Å²) in [6.45, 7) is 0. The zero-order valence-electron chi connectivity index (χ0n) is 5.26. The molecule has 1 rings (SSSR count). The van der Waals surface area contributed by atoms with E-state index in [1.165, 1.54) is 7.11 Å². The van der Waals surface area contributed by atoms with E-state index in [0.717, 1.165) is 0 Å².